The van der Waals surface area contributed by atoms with Crippen LogP contribution in [-0.2, 0) is 10.0 Å². The fourth-order valence-corrected chi connectivity index (χ4v) is 5.99. The molecule has 1 aromatic heterocycles. The van der Waals surface area contributed by atoms with Crippen molar-refractivity contribution < 1.29 is 17.9 Å². The zero-order valence-corrected chi connectivity index (χ0v) is 20.6. The van der Waals surface area contributed by atoms with E-state index in [2.05, 4.69) is 4.98 Å². The van der Waals surface area contributed by atoms with Crippen molar-refractivity contribution in [2.75, 3.05) is 32.8 Å². The number of sulfonamides is 1. The summed E-state index contributed by atoms with van der Waals surface area (Å²) in [4.78, 5) is 19.5. The molecule has 0 saturated carbocycles. The Kier molecular flexibility index (Phi) is 6.83. The first-order valence-corrected chi connectivity index (χ1v) is 13.2. The molecule has 0 bridgehead atoms. The zero-order valence-electron chi connectivity index (χ0n) is 18.9. The second-order valence-electron chi connectivity index (χ2n) is 7.94. The van der Waals surface area contributed by atoms with Crippen molar-refractivity contribution in [1.29, 1.82) is 0 Å². The van der Waals surface area contributed by atoms with Gasteiger partial charge in [0.1, 0.15) is 16.5 Å². The molecular weight excluding hydrogens is 458 g/mol. The van der Waals surface area contributed by atoms with Crippen LogP contribution >= 0.6 is 11.3 Å². The van der Waals surface area contributed by atoms with Gasteiger partial charge in [0, 0.05) is 37.1 Å². The fourth-order valence-electron chi connectivity index (χ4n) is 3.68. The summed E-state index contributed by atoms with van der Waals surface area (Å²) < 4.78 is 33.0. The van der Waals surface area contributed by atoms with Crippen LogP contribution < -0.4 is 4.74 Å². The molecule has 9 heteroatoms. The second-order valence-corrected chi connectivity index (χ2v) is 10.7. The number of rotatable bonds is 6. The molecule has 1 aliphatic heterocycles. The van der Waals surface area contributed by atoms with E-state index >= 15 is 0 Å². The molecule has 1 fully saturated rings. The maximum absolute atomic E-state index is 13.0. The van der Waals surface area contributed by atoms with Gasteiger partial charge in [-0.1, -0.05) is 6.07 Å². The Morgan fingerprint density at radius 3 is 2.36 bits per heavy atom. The van der Waals surface area contributed by atoms with Crippen molar-refractivity contribution >= 4 is 27.3 Å². The van der Waals surface area contributed by atoms with Gasteiger partial charge in [0.15, 0.2) is 0 Å². The number of hydrogen-bond acceptors (Lipinski definition) is 6. The SMILES string of the molecule is CCOc1ccc(-c2nc(C(=O)N3CCN(S(=O)(=O)c4ccc(C)c(C)c4)CC3)cs2)cc1. The van der Waals surface area contributed by atoms with Crippen molar-refractivity contribution in [2.24, 2.45) is 0 Å². The first kappa shape index (κ1) is 23.4. The molecule has 1 saturated heterocycles. The maximum Gasteiger partial charge on any atom is 0.273 e. The summed E-state index contributed by atoms with van der Waals surface area (Å²) in [6.07, 6.45) is 0. The highest BCUT2D eigenvalue weighted by molar-refractivity contribution is 7.89. The van der Waals surface area contributed by atoms with E-state index in [0.29, 0.717) is 30.3 Å². The van der Waals surface area contributed by atoms with E-state index in [0.717, 1.165) is 27.4 Å². The third kappa shape index (κ3) is 4.95. The molecule has 4 rings (SSSR count). The van der Waals surface area contributed by atoms with Crippen LogP contribution in [0.4, 0.5) is 0 Å². The number of hydrogen-bond donors (Lipinski definition) is 0. The fraction of sp³-hybridized carbons (Fsp3) is 0.333. The van der Waals surface area contributed by atoms with Gasteiger partial charge < -0.3 is 9.64 Å². The number of aryl methyl sites for hydroxylation is 2. The molecule has 1 aliphatic rings. The summed E-state index contributed by atoms with van der Waals surface area (Å²) in [6, 6.07) is 12.8. The van der Waals surface area contributed by atoms with Crippen molar-refractivity contribution in [2.45, 2.75) is 25.7 Å². The van der Waals surface area contributed by atoms with Crippen LogP contribution in [0.1, 0.15) is 28.5 Å². The molecule has 0 atom stereocenters. The Morgan fingerprint density at radius 2 is 1.73 bits per heavy atom. The molecule has 0 radical (unpaired) electrons. The highest BCUT2D eigenvalue weighted by Gasteiger charge is 2.31. The molecule has 0 aliphatic carbocycles. The molecule has 0 unspecified atom stereocenters. The topological polar surface area (TPSA) is 79.8 Å². The van der Waals surface area contributed by atoms with Crippen LogP contribution in [0.3, 0.4) is 0 Å². The first-order valence-electron chi connectivity index (χ1n) is 10.8. The molecule has 33 heavy (non-hydrogen) atoms. The predicted octanol–water partition coefficient (Wildman–Crippen LogP) is 3.97. The number of piperazine rings is 1. The Balaban J connectivity index is 1.41. The van der Waals surface area contributed by atoms with Gasteiger partial charge in [-0.15, -0.1) is 11.3 Å². The minimum atomic E-state index is -3.58. The van der Waals surface area contributed by atoms with Crippen LogP contribution in [0.2, 0.25) is 0 Å². The van der Waals surface area contributed by atoms with Crippen molar-refractivity contribution in [1.82, 2.24) is 14.2 Å². The minimum absolute atomic E-state index is 0.174. The highest BCUT2D eigenvalue weighted by atomic mass is 32.2. The van der Waals surface area contributed by atoms with Crippen LogP contribution in [-0.4, -0.2) is 61.3 Å². The minimum Gasteiger partial charge on any atom is -0.494 e. The van der Waals surface area contributed by atoms with E-state index in [1.54, 1.807) is 22.4 Å². The monoisotopic (exact) mass is 485 g/mol. The summed E-state index contributed by atoms with van der Waals surface area (Å²) >= 11 is 1.41. The number of amides is 1. The molecule has 7 nitrogen and oxygen atoms in total. The predicted molar refractivity (Wildman–Crippen MR) is 129 cm³/mol. The van der Waals surface area contributed by atoms with Gasteiger partial charge in [-0.05, 0) is 68.3 Å². The highest BCUT2D eigenvalue weighted by Crippen LogP contribution is 2.27. The largest absolute Gasteiger partial charge is 0.494 e. The molecule has 3 aromatic rings. The number of aromatic nitrogens is 1. The van der Waals surface area contributed by atoms with Crippen LogP contribution in [0, 0.1) is 13.8 Å². The number of carbonyl (C=O) groups is 1. The Hall–Kier alpha value is -2.75. The molecule has 0 N–H and O–H groups in total. The van der Waals surface area contributed by atoms with Gasteiger partial charge in [0.2, 0.25) is 10.0 Å². The zero-order chi connectivity index (χ0) is 23.6. The smallest absolute Gasteiger partial charge is 0.273 e. The lowest BCUT2D eigenvalue weighted by atomic mass is 10.1. The average molecular weight is 486 g/mol. The van der Waals surface area contributed by atoms with Crippen molar-refractivity contribution in [3.63, 3.8) is 0 Å². The lowest BCUT2D eigenvalue weighted by molar-refractivity contribution is 0.0693. The number of nitrogens with zero attached hydrogens (tertiary/aromatic N) is 3. The summed E-state index contributed by atoms with van der Waals surface area (Å²) in [5, 5.41) is 2.52. The lowest BCUT2D eigenvalue weighted by Crippen LogP contribution is -2.50. The average Bonchev–Trinajstić information content (AvgIpc) is 3.31. The Labute approximate surface area is 198 Å². The molecular formula is C24H27N3O4S2. The molecule has 174 valence electrons. The van der Waals surface area contributed by atoms with Crippen molar-refractivity contribution in [3.05, 3.63) is 64.7 Å². The van der Waals surface area contributed by atoms with E-state index in [1.807, 2.05) is 51.1 Å². The summed E-state index contributed by atoms with van der Waals surface area (Å²) in [5.41, 5.74) is 3.30. The third-order valence-corrected chi connectivity index (χ3v) is 8.56. The number of carbonyl (C=O) groups excluding carboxylic acids is 1. The van der Waals surface area contributed by atoms with Gasteiger partial charge >= 0.3 is 0 Å². The van der Waals surface area contributed by atoms with E-state index in [1.165, 1.54) is 15.6 Å². The molecule has 0 spiro atoms. The van der Waals surface area contributed by atoms with Gasteiger partial charge in [-0.3, -0.25) is 4.79 Å². The summed E-state index contributed by atoms with van der Waals surface area (Å²) in [6.45, 7) is 7.58. The van der Waals surface area contributed by atoms with E-state index < -0.39 is 10.0 Å². The maximum atomic E-state index is 13.0. The van der Waals surface area contributed by atoms with Gasteiger partial charge in [0.05, 0.1) is 11.5 Å². The van der Waals surface area contributed by atoms with Gasteiger partial charge in [0.25, 0.3) is 5.91 Å². The van der Waals surface area contributed by atoms with Crippen LogP contribution in [0.25, 0.3) is 10.6 Å². The molecule has 1 amide bonds. The first-order chi connectivity index (χ1) is 15.8. The molecule has 2 heterocycles. The Bertz CT molecular complexity index is 1240. The van der Waals surface area contributed by atoms with Gasteiger partial charge in [-0.2, -0.15) is 4.31 Å². The number of thiazole rings is 1. The van der Waals surface area contributed by atoms with Crippen LogP contribution in [0.15, 0.2) is 52.7 Å². The van der Waals surface area contributed by atoms with E-state index in [-0.39, 0.29) is 19.0 Å². The normalized spacial score (nSPS) is 14.9. The molecule has 2 aromatic carbocycles. The summed E-state index contributed by atoms with van der Waals surface area (Å²) in [7, 11) is -3.58. The van der Waals surface area contributed by atoms with Crippen LogP contribution in [0.5, 0.6) is 5.75 Å². The lowest BCUT2D eigenvalue weighted by Gasteiger charge is -2.33. The second kappa shape index (κ2) is 9.62. The van der Waals surface area contributed by atoms with Crippen molar-refractivity contribution in [3.8, 4) is 16.3 Å². The standard InChI is InChI=1S/C24H27N3O4S2/c1-4-31-20-8-6-19(7-9-20)23-25-22(16-32-23)24(28)26-11-13-27(14-12-26)33(29,30)21-10-5-17(2)18(3)15-21/h5-10,15-16H,4,11-14H2,1-3H3. The third-order valence-electron chi connectivity index (χ3n) is 5.78. The van der Waals surface area contributed by atoms with Gasteiger partial charge in [-0.25, -0.2) is 13.4 Å². The number of benzene rings is 2. The Morgan fingerprint density at radius 1 is 1.03 bits per heavy atom. The van der Waals surface area contributed by atoms with E-state index in [9.17, 15) is 13.2 Å². The summed E-state index contributed by atoms with van der Waals surface area (Å²) in [5.74, 6) is 0.620. The quantitative estimate of drug-likeness (QED) is 0.528. The number of ether oxygens (including phenoxy) is 1. The van der Waals surface area contributed by atoms with E-state index in [4.69, 9.17) is 4.74 Å².